The highest BCUT2D eigenvalue weighted by Gasteiger charge is 2.38. The maximum atomic E-state index is 13.0. The van der Waals surface area contributed by atoms with Crippen LogP contribution in [0.4, 0.5) is 5.69 Å². The number of ether oxygens (including phenoxy) is 1. The minimum absolute atomic E-state index is 0.0270. The Morgan fingerprint density at radius 3 is 2.46 bits per heavy atom. The van der Waals surface area contributed by atoms with E-state index in [1.165, 1.54) is 0 Å². The number of hydrazone groups is 1. The highest BCUT2D eigenvalue weighted by Crippen LogP contribution is 2.29. The summed E-state index contributed by atoms with van der Waals surface area (Å²) in [4.78, 5) is 13.0. The molecule has 0 spiro atoms. The molecule has 7 heteroatoms. The van der Waals surface area contributed by atoms with Gasteiger partial charge in [-0.1, -0.05) is 30.8 Å². The molecule has 3 N–H and O–H groups in total. The zero-order valence-corrected chi connectivity index (χ0v) is 23.8. The largest absolute Gasteiger partial charge is 0.480 e. The molecule has 2 aromatic rings. The van der Waals surface area contributed by atoms with Crippen LogP contribution in [0.25, 0.3) is 0 Å². The molecule has 4 rings (SSSR count). The maximum absolute atomic E-state index is 13.0. The first kappa shape index (κ1) is 28.2. The van der Waals surface area contributed by atoms with Gasteiger partial charge in [0.25, 0.3) is 5.91 Å². The number of piperidine rings is 1. The number of hydrogen-bond acceptors (Lipinski definition) is 6. The van der Waals surface area contributed by atoms with E-state index in [1.807, 2.05) is 72.6 Å². The number of nitrogens with zero attached hydrogens (tertiary/aromatic N) is 2. The molecular weight excluding hydrogens is 486 g/mol. The van der Waals surface area contributed by atoms with Gasteiger partial charge < -0.3 is 20.7 Å². The number of carbonyl (C=O) groups is 1. The third kappa shape index (κ3) is 7.60. The summed E-state index contributed by atoms with van der Waals surface area (Å²) in [5, 5.41) is 16.8. The van der Waals surface area contributed by atoms with Crippen LogP contribution < -0.4 is 16.0 Å². The second-order valence-electron chi connectivity index (χ2n) is 11.6. The van der Waals surface area contributed by atoms with Crippen molar-refractivity contribution in [2.75, 3.05) is 11.9 Å². The molecule has 2 aliphatic heterocycles. The van der Waals surface area contributed by atoms with E-state index in [0.29, 0.717) is 24.6 Å². The molecule has 2 aliphatic rings. The molecular formula is C32H41N5O2. The minimum atomic E-state index is -0.0447. The van der Waals surface area contributed by atoms with Gasteiger partial charge in [0.1, 0.15) is 0 Å². The number of benzene rings is 2. The van der Waals surface area contributed by atoms with Gasteiger partial charge in [-0.2, -0.15) is 5.10 Å². The van der Waals surface area contributed by atoms with E-state index in [-0.39, 0.29) is 23.0 Å². The summed E-state index contributed by atoms with van der Waals surface area (Å²) in [6.07, 6.45) is 5.70. The van der Waals surface area contributed by atoms with Crippen LogP contribution in [-0.4, -0.2) is 40.4 Å². The number of anilines is 1. The van der Waals surface area contributed by atoms with Crippen molar-refractivity contribution in [3.63, 3.8) is 0 Å². The number of rotatable bonds is 9. The Labute approximate surface area is 232 Å². The Kier molecular flexibility index (Phi) is 8.31. The van der Waals surface area contributed by atoms with Crippen LogP contribution in [0.5, 0.6) is 0 Å². The van der Waals surface area contributed by atoms with Crippen LogP contribution in [-0.2, 0) is 11.3 Å². The summed E-state index contributed by atoms with van der Waals surface area (Å²) in [5.41, 5.74) is 5.12. The molecule has 39 heavy (non-hydrogen) atoms. The second-order valence-corrected chi connectivity index (χ2v) is 11.6. The summed E-state index contributed by atoms with van der Waals surface area (Å²) in [6, 6.07) is 15.8. The Hall–Kier alpha value is -3.84. The van der Waals surface area contributed by atoms with Crippen molar-refractivity contribution in [2.24, 2.45) is 5.10 Å². The smallest absolute Gasteiger partial charge is 0.251 e. The van der Waals surface area contributed by atoms with Gasteiger partial charge >= 0.3 is 0 Å². The fourth-order valence-corrected chi connectivity index (χ4v) is 5.56. The van der Waals surface area contributed by atoms with Crippen molar-refractivity contribution < 1.29 is 9.53 Å². The molecule has 0 unspecified atom stereocenters. The number of allylic oxidation sites excluding steroid dienone is 2. The number of hydrogen-bond donors (Lipinski definition) is 3. The van der Waals surface area contributed by atoms with E-state index in [9.17, 15) is 4.79 Å². The van der Waals surface area contributed by atoms with Crippen LogP contribution in [0.15, 0.2) is 90.5 Å². The summed E-state index contributed by atoms with van der Waals surface area (Å²) in [7, 11) is 0. The summed E-state index contributed by atoms with van der Waals surface area (Å²) in [6.45, 7) is 19.8. The third-order valence-corrected chi connectivity index (χ3v) is 6.82. The first-order valence-electron chi connectivity index (χ1n) is 13.5. The molecule has 1 saturated heterocycles. The first-order valence-corrected chi connectivity index (χ1v) is 13.5. The quantitative estimate of drug-likeness (QED) is 0.352. The Morgan fingerprint density at radius 1 is 1.10 bits per heavy atom. The van der Waals surface area contributed by atoms with E-state index >= 15 is 0 Å². The highest BCUT2D eigenvalue weighted by molar-refractivity contribution is 6.09. The van der Waals surface area contributed by atoms with Gasteiger partial charge in [0.15, 0.2) is 5.88 Å². The average Bonchev–Trinajstić information content (AvgIpc) is 2.84. The van der Waals surface area contributed by atoms with Crippen LogP contribution >= 0.6 is 0 Å². The number of amides is 1. The van der Waals surface area contributed by atoms with E-state index in [0.717, 1.165) is 41.1 Å². The highest BCUT2D eigenvalue weighted by atomic mass is 16.5. The predicted octanol–water partition coefficient (Wildman–Crippen LogP) is 5.94. The van der Waals surface area contributed by atoms with Crippen molar-refractivity contribution in [3.05, 3.63) is 102 Å². The third-order valence-electron chi connectivity index (χ3n) is 6.82. The van der Waals surface area contributed by atoms with Gasteiger partial charge in [-0.05, 0) is 96.0 Å². The molecule has 2 heterocycles. The van der Waals surface area contributed by atoms with Crippen LogP contribution in [0, 0.1) is 0 Å². The van der Waals surface area contributed by atoms with E-state index in [4.69, 9.17) is 9.84 Å². The molecule has 0 aliphatic carbocycles. The van der Waals surface area contributed by atoms with Gasteiger partial charge in [0.05, 0.1) is 24.6 Å². The Morgan fingerprint density at radius 2 is 1.79 bits per heavy atom. The standard InChI is InChI=1S/C32H41N5O2/c1-8-39-23(3)33-27-11-9-10-24(18-27)21-37-22(2)12-17-29(35-37)25-13-15-26(16-14-25)30(38)34-28-19-31(4,5)36-32(6,7)20-28/h9-18,28,33,36H,2-3,8,19-21H2,1,4-7H3,(H,34,38). The van der Waals surface area contributed by atoms with E-state index in [2.05, 4.69) is 56.8 Å². The van der Waals surface area contributed by atoms with Gasteiger partial charge in [-0.15, -0.1) is 0 Å². The SMILES string of the molecule is C=C(Nc1cccc(CN2N=C(c3ccc(C(=O)NC4CC(C)(C)NC(C)(C)C4)cc3)C=CC2=C)c1)OCC. The van der Waals surface area contributed by atoms with Gasteiger partial charge in [-0.25, -0.2) is 0 Å². The summed E-state index contributed by atoms with van der Waals surface area (Å²) < 4.78 is 5.40. The molecule has 1 fully saturated rings. The Balaban J connectivity index is 1.42. The molecule has 206 valence electrons. The zero-order valence-electron chi connectivity index (χ0n) is 23.8. The molecule has 0 bridgehead atoms. The van der Waals surface area contributed by atoms with E-state index < -0.39 is 0 Å². The minimum Gasteiger partial charge on any atom is -0.480 e. The summed E-state index contributed by atoms with van der Waals surface area (Å²) in [5.74, 6) is 0.470. The van der Waals surface area contributed by atoms with Crippen molar-refractivity contribution in [1.29, 1.82) is 0 Å². The number of nitrogens with one attached hydrogen (secondary N) is 3. The second kappa shape index (κ2) is 11.5. The summed E-state index contributed by atoms with van der Waals surface area (Å²) >= 11 is 0. The van der Waals surface area contributed by atoms with Gasteiger partial charge in [-0.3, -0.25) is 9.80 Å². The van der Waals surface area contributed by atoms with Gasteiger partial charge in [0.2, 0.25) is 0 Å². The lowest BCUT2D eigenvalue weighted by atomic mass is 9.79. The average molecular weight is 528 g/mol. The predicted molar refractivity (Wildman–Crippen MR) is 159 cm³/mol. The first-order chi connectivity index (χ1) is 18.4. The molecule has 0 aromatic heterocycles. The van der Waals surface area contributed by atoms with Crippen molar-refractivity contribution in [2.45, 2.75) is 71.1 Å². The molecule has 2 aromatic carbocycles. The van der Waals surface area contributed by atoms with E-state index in [1.54, 1.807) is 0 Å². The van der Waals surface area contributed by atoms with Gasteiger partial charge in [0, 0.05) is 33.9 Å². The topological polar surface area (TPSA) is 78.0 Å². The zero-order chi connectivity index (χ0) is 28.2. The molecule has 0 atom stereocenters. The van der Waals surface area contributed by atoms with Crippen molar-refractivity contribution >= 4 is 17.3 Å². The fraction of sp³-hybridized carbons (Fsp3) is 0.375. The van der Waals surface area contributed by atoms with Crippen molar-refractivity contribution in [3.8, 4) is 0 Å². The normalized spacial score (nSPS) is 18.3. The lowest BCUT2D eigenvalue weighted by molar-refractivity contribution is 0.0873. The van der Waals surface area contributed by atoms with Crippen LogP contribution in [0.1, 0.15) is 68.9 Å². The number of carbonyl (C=O) groups excluding carboxylic acids is 1. The molecule has 7 nitrogen and oxygen atoms in total. The molecule has 0 radical (unpaired) electrons. The van der Waals surface area contributed by atoms with Crippen LogP contribution in [0.3, 0.4) is 0 Å². The monoisotopic (exact) mass is 527 g/mol. The lowest BCUT2D eigenvalue weighted by Gasteiger charge is -2.46. The lowest BCUT2D eigenvalue weighted by Crippen LogP contribution is -2.62. The van der Waals surface area contributed by atoms with Crippen molar-refractivity contribution in [1.82, 2.24) is 15.6 Å². The fourth-order valence-electron chi connectivity index (χ4n) is 5.56. The molecule has 1 amide bonds. The van der Waals surface area contributed by atoms with Crippen LogP contribution in [0.2, 0.25) is 0 Å². The maximum Gasteiger partial charge on any atom is 0.251 e. The Bertz CT molecular complexity index is 1270. The molecule has 0 saturated carbocycles.